The molecule has 1 aromatic carbocycles. The van der Waals surface area contributed by atoms with Gasteiger partial charge in [-0.1, -0.05) is 18.2 Å². The van der Waals surface area contributed by atoms with Gasteiger partial charge in [-0.2, -0.15) is 0 Å². The predicted molar refractivity (Wildman–Crippen MR) is 57.0 cm³/mol. The molecule has 0 unspecified atom stereocenters. The maximum absolute atomic E-state index is 9.31. The van der Waals surface area contributed by atoms with Crippen molar-refractivity contribution in [2.75, 3.05) is 13.6 Å². The number of nitrogens with one attached hydrogen (secondary N) is 1. The van der Waals surface area contributed by atoms with Crippen LogP contribution in [0.4, 0.5) is 0 Å². The molecule has 0 heterocycles. The summed E-state index contributed by atoms with van der Waals surface area (Å²) in [7, 11) is 1.88. The number of aliphatic hydroxyl groups is 1. The minimum absolute atomic E-state index is 0.137. The van der Waals surface area contributed by atoms with E-state index in [1.165, 1.54) is 0 Å². The van der Waals surface area contributed by atoms with Crippen LogP contribution in [-0.4, -0.2) is 23.8 Å². The Morgan fingerprint density at radius 2 is 2.21 bits per heavy atom. The molecule has 3 heteroatoms. The standard InChI is InChI=1S/C11H15NO2/c1-12-6-2-3-9-4-5-11(14)10(7-9)8-13/h2-5,7,12-14H,6,8H2,1H3. The lowest BCUT2D eigenvalue weighted by atomic mass is 10.1. The molecule has 3 N–H and O–H groups in total. The molecule has 3 nitrogen and oxygen atoms in total. The number of hydrogen-bond acceptors (Lipinski definition) is 3. The first-order chi connectivity index (χ1) is 6.77. The monoisotopic (exact) mass is 193 g/mol. The van der Waals surface area contributed by atoms with E-state index in [9.17, 15) is 5.11 Å². The molecule has 0 aliphatic heterocycles. The summed E-state index contributed by atoms with van der Waals surface area (Å²) in [5.41, 5.74) is 1.53. The molecule has 0 spiro atoms. The van der Waals surface area contributed by atoms with Crippen molar-refractivity contribution >= 4 is 6.08 Å². The second-order valence-corrected chi connectivity index (χ2v) is 3.01. The van der Waals surface area contributed by atoms with Gasteiger partial charge in [0.25, 0.3) is 0 Å². The van der Waals surface area contributed by atoms with Crippen molar-refractivity contribution in [2.24, 2.45) is 0 Å². The van der Waals surface area contributed by atoms with Crippen LogP contribution in [0.2, 0.25) is 0 Å². The van der Waals surface area contributed by atoms with Crippen molar-refractivity contribution in [1.29, 1.82) is 0 Å². The summed E-state index contributed by atoms with van der Waals surface area (Å²) in [5, 5.41) is 21.2. The third kappa shape index (κ3) is 2.87. The normalized spacial score (nSPS) is 11.0. The number of hydrogen-bond donors (Lipinski definition) is 3. The van der Waals surface area contributed by atoms with Crippen molar-refractivity contribution in [2.45, 2.75) is 6.61 Å². The minimum Gasteiger partial charge on any atom is -0.508 e. The molecular weight excluding hydrogens is 178 g/mol. The molecule has 0 saturated heterocycles. The van der Waals surface area contributed by atoms with Crippen LogP contribution in [0.5, 0.6) is 5.75 Å². The lowest BCUT2D eigenvalue weighted by Gasteiger charge is -2.01. The topological polar surface area (TPSA) is 52.5 Å². The molecule has 0 radical (unpaired) electrons. The fourth-order valence-electron chi connectivity index (χ4n) is 1.15. The molecule has 0 aliphatic rings. The van der Waals surface area contributed by atoms with Crippen LogP contribution < -0.4 is 5.32 Å². The third-order valence-corrected chi connectivity index (χ3v) is 1.91. The van der Waals surface area contributed by atoms with E-state index >= 15 is 0 Å². The van der Waals surface area contributed by atoms with E-state index in [1.807, 2.05) is 19.2 Å². The number of phenols is 1. The smallest absolute Gasteiger partial charge is 0.121 e. The Bertz CT molecular complexity index is 321. The second kappa shape index (κ2) is 5.42. The molecule has 0 aromatic heterocycles. The first-order valence-electron chi connectivity index (χ1n) is 4.52. The lowest BCUT2D eigenvalue weighted by molar-refractivity contribution is 0.275. The zero-order valence-electron chi connectivity index (χ0n) is 8.20. The lowest BCUT2D eigenvalue weighted by Crippen LogP contribution is -2.03. The molecule has 0 amide bonds. The van der Waals surface area contributed by atoms with Gasteiger partial charge >= 0.3 is 0 Å². The maximum Gasteiger partial charge on any atom is 0.121 e. The summed E-state index contributed by atoms with van der Waals surface area (Å²) < 4.78 is 0. The van der Waals surface area contributed by atoms with E-state index in [1.54, 1.807) is 18.2 Å². The average Bonchev–Trinajstić information content (AvgIpc) is 2.21. The molecule has 0 aliphatic carbocycles. The van der Waals surface area contributed by atoms with Crippen LogP contribution in [0.15, 0.2) is 24.3 Å². The maximum atomic E-state index is 9.31. The number of aliphatic hydroxyl groups excluding tert-OH is 1. The van der Waals surface area contributed by atoms with Gasteiger partial charge in [-0.25, -0.2) is 0 Å². The van der Waals surface area contributed by atoms with E-state index in [4.69, 9.17) is 5.11 Å². The highest BCUT2D eigenvalue weighted by Gasteiger charge is 1.98. The van der Waals surface area contributed by atoms with Gasteiger partial charge < -0.3 is 15.5 Å². The van der Waals surface area contributed by atoms with Crippen molar-refractivity contribution in [3.8, 4) is 5.75 Å². The zero-order chi connectivity index (χ0) is 10.4. The minimum atomic E-state index is -0.139. The van der Waals surface area contributed by atoms with Gasteiger partial charge in [0.1, 0.15) is 5.75 Å². The van der Waals surface area contributed by atoms with E-state index in [0.717, 1.165) is 12.1 Å². The Kier molecular flexibility index (Phi) is 4.16. The summed E-state index contributed by atoms with van der Waals surface area (Å²) in [6.07, 6.45) is 3.92. The number of rotatable bonds is 4. The van der Waals surface area contributed by atoms with Crippen LogP contribution in [0.1, 0.15) is 11.1 Å². The Labute approximate surface area is 83.7 Å². The number of likely N-dealkylation sites (N-methyl/N-ethyl adjacent to an activating group) is 1. The van der Waals surface area contributed by atoms with Gasteiger partial charge in [0.15, 0.2) is 0 Å². The Balaban J connectivity index is 2.79. The molecule has 0 fully saturated rings. The molecule has 0 atom stereocenters. The number of aromatic hydroxyl groups is 1. The van der Waals surface area contributed by atoms with Gasteiger partial charge in [0.2, 0.25) is 0 Å². The van der Waals surface area contributed by atoms with Crippen LogP contribution in [0.3, 0.4) is 0 Å². The van der Waals surface area contributed by atoms with E-state index in [2.05, 4.69) is 5.32 Å². The molecule has 1 aromatic rings. The van der Waals surface area contributed by atoms with Gasteiger partial charge in [0.05, 0.1) is 6.61 Å². The summed E-state index contributed by atoms with van der Waals surface area (Å²) in [5.74, 6) is 0.137. The Hall–Kier alpha value is -1.32. The SMILES string of the molecule is CNCC=Cc1ccc(O)c(CO)c1. The van der Waals surface area contributed by atoms with Crippen LogP contribution in [-0.2, 0) is 6.61 Å². The van der Waals surface area contributed by atoms with Crippen LogP contribution in [0, 0.1) is 0 Å². The fourth-order valence-corrected chi connectivity index (χ4v) is 1.15. The quantitative estimate of drug-likeness (QED) is 0.671. The van der Waals surface area contributed by atoms with Crippen molar-refractivity contribution in [3.63, 3.8) is 0 Å². The summed E-state index contributed by atoms with van der Waals surface area (Å²) in [4.78, 5) is 0. The average molecular weight is 193 g/mol. The highest BCUT2D eigenvalue weighted by Crippen LogP contribution is 2.18. The first-order valence-corrected chi connectivity index (χ1v) is 4.52. The van der Waals surface area contributed by atoms with Crippen molar-refractivity contribution in [3.05, 3.63) is 35.4 Å². The summed E-state index contributed by atoms with van der Waals surface area (Å²) >= 11 is 0. The molecule has 0 saturated carbocycles. The second-order valence-electron chi connectivity index (χ2n) is 3.01. The molecule has 0 bridgehead atoms. The van der Waals surface area contributed by atoms with Gasteiger partial charge in [-0.05, 0) is 24.7 Å². The highest BCUT2D eigenvalue weighted by atomic mass is 16.3. The molecule has 1 rings (SSSR count). The Morgan fingerprint density at radius 3 is 2.86 bits per heavy atom. The predicted octanol–water partition coefficient (Wildman–Crippen LogP) is 1.12. The highest BCUT2D eigenvalue weighted by molar-refractivity contribution is 5.53. The zero-order valence-corrected chi connectivity index (χ0v) is 8.20. The third-order valence-electron chi connectivity index (χ3n) is 1.91. The summed E-state index contributed by atoms with van der Waals surface area (Å²) in [6.45, 7) is 0.662. The Morgan fingerprint density at radius 1 is 1.43 bits per heavy atom. The number of benzene rings is 1. The first kappa shape index (κ1) is 10.8. The van der Waals surface area contributed by atoms with Gasteiger partial charge in [-0.15, -0.1) is 0 Å². The van der Waals surface area contributed by atoms with E-state index in [-0.39, 0.29) is 12.4 Å². The van der Waals surface area contributed by atoms with Crippen LogP contribution >= 0.6 is 0 Å². The summed E-state index contributed by atoms with van der Waals surface area (Å²) in [6, 6.07) is 5.16. The van der Waals surface area contributed by atoms with E-state index < -0.39 is 0 Å². The largest absolute Gasteiger partial charge is 0.508 e. The van der Waals surface area contributed by atoms with Gasteiger partial charge in [-0.3, -0.25) is 0 Å². The fraction of sp³-hybridized carbons (Fsp3) is 0.273. The molecule has 14 heavy (non-hydrogen) atoms. The molecule has 76 valence electrons. The van der Waals surface area contributed by atoms with E-state index in [0.29, 0.717) is 5.56 Å². The van der Waals surface area contributed by atoms with Crippen LogP contribution in [0.25, 0.3) is 6.08 Å². The van der Waals surface area contributed by atoms with Gasteiger partial charge in [0, 0.05) is 12.1 Å². The molecular formula is C11H15NO2. The van der Waals surface area contributed by atoms with Crippen molar-refractivity contribution in [1.82, 2.24) is 5.32 Å². The van der Waals surface area contributed by atoms with Crippen molar-refractivity contribution < 1.29 is 10.2 Å².